The number of hydrogen-bond acceptors (Lipinski definition) is 6. The summed E-state index contributed by atoms with van der Waals surface area (Å²) in [7, 11) is 0. The number of hydrazone groups is 1. The van der Waals surface area contributed by atoms with Crippen LogP contribution in [0.25, 0.3) is 0 Å². The summed E-state index contributed by atoms with van der Waals surface area (Å²) >= 11 is 4.36. The Hall–Kier alpha value is -1.80. The highest BCUT2D eigenvalue weighted by atomic mass is 32.1. The van der Waals surface area contributed by atoms with E-state index < -0.39 is 5.97 Å². The Morgan fingerprint density at radius 2 is 2.23 bits per heavy atom. The van der Waals surface area contributed by atoms with Crippen molar-refractivity contribution in [1.29, 1.82) is 0 Å². The summed E-state index contributed by atoms with van der Waals surface area (Å²) in [6.07, 6.45) is 7.10. The molecule has 0 fully saturated rings. The third-order valence-corrected chi connectivity index (χ3v) is 4.13. The lowest BCUT2D eigenvalue weighted by Crippen LogP contribution is -2.36. The van der Waals surface area contributed by atoms with E-state index >= 15 is 0 Å². The summed E-state index contributed by atoms with van der Waals surface area (Å²) in [5, 5.41) is 16.3. The molecule has 1 aliphatic carbocycles. The Bertz CT molecular complexity index is 635. The number of ether oxygens (including phenoxy) is 1. The molecule has 0 bridgehead atoms. The summed E-state index contributed by atoms with van der Waals surface area (Å²) < 4.78 is 5.28. The van der Waals surface area contributed by atoms with Gasteiger partial charge >= 0.3 is 5.97 Å². The molecule has 26 heavy (non-hydrogen) atoms. The van der Waals surface area contributed by atoms with E-state index in [1.807, 2.05) is 26.0 Å². The van der Waals surface area contributed by atoms with Crippen molar-refractivity contribution in [3.8, 4) is 0 Å². The summed E-state index contributed by atoms with van der Waals surface area (Å²) in [5.41, 5.74) is 5.51. The summed E-state index contributed by atoms with van der Waals surface area (Å²) in [6, 6.07) is 0. The highest BCUT2D eigenvalue weighted by Gasteiger charge is 2.23. The second kappa shape index (κ2) is 9.23. The molecule has 0 aromatic rings. The second-order valence-corrected chi connectivity index (χ2v) is 8.33. The molecule has 2 rings (SSSR count). The van der Waals surface area contributed by atoms with Gasteiger partial charge in [-0.05, 0) is 31.8 Å². The Labute approximate surface area is 159 Å². The number of carboxylic acids is 1. The number of nitrogens with one attached hydrogen (secondary N) is 2. The molecule has 8 heteroatoms. The number of rotatable bonds is 8. The molecular formula is C18H27N3O4S. The molecule has 1 aliphatic heterocycles. The molecule has 1 unspecified atom stereocenters. The van der Waals surface area contributed by atoms with Gasteiger partial charge in [0.15, 0.2) is 0 Å². The monoisotopic (exact) mass is 381 g/mol. The zero-order valence-electron chi connectivity index (χ0n) is 15.2. The normalized spacial score (nSPS) is 21.3. The van der Waals surface area contributed by atoms with Gasteiger partial charge in [0.1, 0.15) is 6.23 Å². The van der Waals surface area contributed by atoms with Crippen molar-refractivity contribution in [2.75, 3.05) is 6.61 Å². The first-order valence-corrected chi connectivity index (χ1v) is 9.29. The van der Waals surface area contributed by atoms with Crippen LogP contribution in [0.5, 0.6) is 0 Å². The lowest BCUT2D eigenvalue weighted by atomic mass is 9.92. The minimum Gasteiger partial charge on any atom is -0.481 e. The molecule has 1 heterocycles. The van der Waals surface area contributed by atoms with Crippen molar-refractivity contribution in [1.82, 2.24) is 10.7 Å². The number of nitrogens with zero attached hydrogens (tertiary/aromatic N) is 1. The highest BCUT2D eigenvalue weighted by Crippen LogP contribution is 2.26. The van der Waals surface area contributed by atoms with Crippen LogP contribution < -0.4 is 10.7 Å². The van der Waals surface area contributed by atoms with Crippen molar-refractivity contribution in [2.45, 2.75) is 63.3 Å². The molecule has 0 saturated heterocycles. The lowest BCUT2D eigenvalue weighted by molar-refractivity contribution is -0.137. The molecule has 0 radical (unpaired) electrons. The first-order chi connectivity index (χ1) is 12.2. The largest absolute Gasteiger partial charge is 0.481 e. The van der Waals surface area contributed by atoms with Crippen LogP contribution in [0.3, 0.4) is 0 Å². The summed E-state index contributed by atoms with van der Waals surface area (Å²) in [5.74, 6) is -0.972. The van der Waals surface area contributed by atoms with Crippen molar-refractivity contribution in [3.05, 3.63) is 23.4 Å². The fourth-order valence-corrected chi connectivity index (χ4v) is 2.98. The second-order valence-electron chi connectivity index (χ2n) is 7.12. The topological polar surface area (TPSA) is 100 Å². The van der Waals surface area contributed by atoms with Gasteiger partial charge in [-0.3, -0.25) is 9.59 Å². The van der Waals surface area contributed by atoms with Crippen LogP contribution in [0.2, 0.25) is 0 Å². The third kappa shape index (κ3) is 6.84. The molecule has 0 saturated carbocycles. The number of carbonyl (C=O) groups excluding carboxylic acids is 1. The minimum atomic E-state index is -0.817. The van der Waals surface area contributed by atoms with Crippen LogP contribution in [-0.4, -0.2) is 40.3 Å². The average molecular weight is 381 g/mol. The zero-order valence-corrected chi connectivity index (χ0v) is 16.1. The SMILES string of the molecule is CC(C)(S)CC(=O)N/N=C1\CCCC2=C1C=CC(OCCCC(=O)O)N2. The van der Waals surface area contributed by atoms with E-state index in [2.05, 4.69) is 28.5 Å². The van der Waals surface area contributed by atoms with E-state index in [0.29, 0.717) is 19.4 Å². The number of carbonyl (C=O) groups is 2. The number of allylic oxidation sites excluding steroid dienone is 3. The lowest BCUT2D eigenvalue weighted by Gasteiger charge is -2.29. The van der Waals surface area contributed by atoms with E-state index in [4.69, 9.17) is 9.84 Å². The number of aliphatic carboxylic acids is 1. The van der Waals surface area contributed by atoms with Gasteiger partial charge in [0.2, 0.25) is 5.91 Å². The molecule has 7 nitrogen and oxygen atoms in total. The van der Waals surface area contributed by atoms with E-state index in [0.717, 1.165) is 36.2 Å². The van der Waals surface area contributed by atoms with Gasteiger partial charge < -0.3 is 15.2 Å². The average Bonchev–Trinajstić information content (AvgIpc) is 2.55. The fourth-order valence-electron chi connectivity index (χ4n) is 2.84. The first kappa shape index (κ1) is 20.5. The van der Waals surface area contributed by atoms with Gasteiger partial charge in [-0.15, -0.1) is 0 Å². The maximum atomic E-state index is 11.9. The maximum Gasteiger partial charge on any atom is 0.303 e. The molecule has 3 N–H and O–H groups in total. The highest BCUT2D eigenvalue weighted by molar-refractivity contribution is 7.81. The number of hydrogen-bond donors (Lipinski definition) is 4. The standard InChI is InChI=1S/C18H27N3O4S/c1-18(2,26)11-15(22)21-20-14-6-3-5-13-12(14)8-9-16(19-13)25-10-4-7-17(23)24/h8-9,16,19,26H,3-7,10-11H2,1-2H3,(H,21,22)(H,23,24)/b20-14+. The smallest absolute Gasteiger partial charge is 0.303 e. The van der Waals surface area contributed by atoms with Crippen molar-refractivity contribution in [3.63, 3.8) is 0 Å². The molecule has 0 spiro atoms. The predicted octanol–water partition coefficient (Wildman–Crippen LogP) is 2.36. The van der Waals surface area contributed by atoms with Crippen LogP contribution >= 0.6 is 12.6 Å². The van der Waals surface area contributed by atoms with Crippen molar-refractivity contribution in [2.24, 2.45) is 5.10 Å². The predicted molar refractivity (Wildman–Crippen MR) is 103 cm³/mol. The molecule has 0 aromatic heterocycles. The van der Waals surface area contributed by atoms with Gasteiger partial charge in [-0.1, -0.05) is 19.9 Å². The van der Waals surface area contributed by atoms with Crippen LogP contribution in [0.15, 0.2) is 28.5 Å². The quantitative estimate of drug-likeness (QED) is 0.294. The van der Waals surface area contributed by atoms with E-state index in [1.54, 1.807) is 0 Å². The Morgan fingerprint density at radius 3 is 2.92 bits per heavy atom. The number of dihydropyridines is 1. The number of amides is 1. The molecule has 2 aliphatic rings. The summed E-state index contributed by atoms with van der Waals surface area (Å²) in [4.78, 5) is 22.4. The van der Waals surface area contributed by atoms with Crippen molar-refractivity contribution < 1.29 is 19.4 Å². The van der Waals surface area contributed by atoms with Crippen molar-refractivity contribution >= 4 is 30.2 Å². The Morgan fingerprint density at radius 1 is 1.46 bits per heavy atom. The fraction of sp³-hybridized carbons (Fsp3) is 0.611. The Kier molecular flexibility index (Phi) is 7.28. The van der Waals surface area contributed by atoms with Gasteiger partial charge in [0.05, 0.1) is 12.3 Å². The van der Waals surface area contributed by atoms with Crippen LogP contribution in [0, 0.1) is 0 Å². The molecule has 144 valence electrons. The van der Waals surface area contributed by atoms with Crippen LogP contribution in [-0.2, 0) is 14.3 Å². The number of carboxylic acid groups (broad SMARTS) is 1. The summed E-state index contributed by atoms with van der Waals surface area (Å²) in [6.45, 7) is 4.15. The Balaban J connectivity index is 1.90. The molecule has 1 atom stereocenters. The van der Waals surface area contributed by atoms with Gasteiger partial charge in [-0.2, -0.15) is 17.7 Å². The third-order valence-electron chi connectivity index (χ3n) is 3.97. The molecule has 1 amide bonds. The minimum absolute atomic E-state index is 0.101. The van der Waals surface area contributed by atoms with Crippen LogP contribution in [0.1, 0.15) is 52.4 Å². The van der Waals surface area contributed by atoms with Crippen LogP contribution in [0.4, 0.5) is 0 Å². The maximum absolute atomic E-state index is 11.9. The van der Waals surface area contributed by atoms with E-state index in [1.165, 1.54) is 0 Å². The molecular weight excluding hydrogens is 354 g/mol. The van der Waals surface area contributed by atoms with Gasteiger partial charge in [-0.25, -0.2) is 5.43 Å². The van der Waals surface area contributed by atoms with E-state index in [9.17, 15) is 9.59 Å². The van der Waals surface area contributed by atoms with Gasteiger partial charge in [0.25, 0.3) is 0 Å². The van der Waals surface area contributed by atoms with Gasteiger partial charge in [0, 0.05) is 28.9 Å². The van der Waals surface area contributed by atoms with E-state index in [-0.39, 0.29) is 23.3 Å². The first-order valence-electron chi connectivity index (χ1n) is 8.84. The molecule has 0 aromatic carbocycles. The zero-order chi connectivity index (χ0) is 19.2. The number of thiol groups is 1.